The fraction of sp³-hybridized carbons (Fsp3) is 0.292. The van der Waals surface area contributed by atoms with E-state index in [0.29, 0.717) is 17.5 Å². The molecule has 1 amide bonds. The molecule has 0 aliphatic carbocycles. The smallest absolute Gasteiger partial charge is 0.337 e. The summed E-state index contributed by atoms with van der Waals surface area (Å²) >= 11 is 1.21. The van der Waals surface area contributed by atoms with Crippen LogP contribution in [-0.4, -0.2) is 52.6 Å². The molecule has 2 aromatic carbocycles. The van der Waals surface area contributed by atoms with E-state index in [-0.39, 0.29) is 35.1 Å². The molecule has 1 heterocycles. The number of aryl methyl sites for hydroxylation is 1. The normalized spacial score (nSPS) is 10.5. The van der Waals surface area contributed by atoms with Gasteiger partial charge in [0.05, 0.1) is 31.1 Å². The number of hydrogen-bond donors (Lipinski definition) is 1. The van der Waals surface area contributed by atoms with E-state index in [0.717, 1.165) is 11.3 Å². The Hall–Kier alpha value is -3.86. The van der Waals surface area contributed by atoms with Gasteiger partial charge in [0, 0.05) is 12.2 Å². The van der Waals surface area contributed by atoms with Gasteiger partial charge < -0.3 is 24.1 Å². The summed E-state index contributed by atoms with van der Waals surface area (Å²) in [4.78, 5) is 36.5. The van der Waals surface area contributed by atoms with Crippen molar-refractivity contribution in [2.24, 2.45) is 0 Å². The van der Waals surface area contributed by atoms with E-state index in [9.17, 15) is 14.4 Å². The largest absolute Gasteiger partial charge is 0.485 e. The number of hydrogen-bond acceptors (Lipinski definition) is 9. The second-order valence-electron chi connectivity index (χ2n) is 7.32. The molecular weight excluding hydrogens is 472 g/mol. The predicted octanol–water partition coefficient (Wildman–Crippen LogP) is 3.49. The van der Waals surface area contributed by atoms with Crippen molar-refractivity contribution in [3.8, 4) is 5.75 Å². The summed E-state index contributed by atoms with van der Waals surface area (Å²) in [5.41, 5.74) is 1.51. The number of thioether (sulfide) groups is 1. The van der Waals surface area contributed by atoms with Crippen LogP contribution in [0.25, 0.3) is 0 Å². The first-order valence-corrected chi connectivity index (χ1v) is 11.7. The molecule has 184 valence electrons. The Labute approximate surface area is 207 Å². The van der Waals surface area contributed by atoms with E-state index in [1.165, 1.54) is 44.2 Å². The summed E-state index contributed by atoms with van der Waals surface area (Å²) in [6.07, 6.45) is 0. The lowest BCUT2D eigenvalue weighted by Crippen LogP contribution is -2.16. The van der Waals surface area contributed by atoms with Crippen LogP contribution < -0.4 is 10.1 Å². The van der Waals surface area contributed by atoms with Crippen molar-refractivity contribution in [2.75, 3.05) is 25.3 Å². The Balaban J connectivity index is 1.66. The number of carbonyl (C=O) groups is 3. The van der Waals surface area contributed by atoms with Gasteiger partial charge in [0.25, 0.3) is 0 Å². The standard InChI is InChI=1S/C24H26N4O6S/c1-5-28-20(13-34-19-9-7-6-8-15(19)2)26-27-24(28)35-14-21(29)25-18-11-16(22(30)32-3)10-17(12-18)23(31)33-4/h6-12H,5,13-14H2,1-4H3,(H,25,29). The van der Waals surface area contributed by atoms with E-state index in [1.54, 1.807) is 0 Å². The van der Waals surface area contributed by atoms with Gasteiger partial charge in [0.1, 0.15) is 12.4 Å². The Morgan fingerprint density at radius 1 is 1.00 bits per heavy atom. The number of aromatic nitrogens is 3. The molecule has 0 atom stereocenters. The molecule has 1 aromatic heterocycles. The van der Waals surface area contributed by atoms with Crippen molar-refractivity contribution in [1.29, 1.82) is 0 Å². The van der Waals surface area contributed by atoms with Crippen LogP contribution in [0, 0.1) is 6.92 Å². The zero-order chi connectivity index (χ0) is 25.4. The molecule has 0 saturated carbocycles. The molecule has 0 bridgehead atoms. The number of methoxy groups -OCH3 is 2. The molecule has 0 aliphatic heterocycles. The van der Waals surface area contributed by atoms with Crippen molar-refractivity contribution in [3.05, 3.63) is 65.0 Å². The van der Waals surface area contributed by atoms with Crippen LogP contribution >= 0.6 is 11.8 Å². The number of carbonyl (C=O) groups excluding carboxylic acids is 3. The third kappa shape index (κ3) is 6.60. The average molecular weight is 499 g/mol. The van der Waals surface area contributed by atoms with Gasteiger partial charge in [-0.3, -0.25) is 4.79 Å². The van der Waals surface area contributed by atoms with Crippen molar-refractivity contribution >= 4 is 35.3 Å². The number of amides is 1. The van der Waals surface area contributed by atoms with Gasteiger partial charge in [0.2, 0.25) is 5.91 Å². The summed E-state index contributed by atoms with van der Waals surface area (Å²) < 4.78 is 17.2. The number of benzene rings is 2. The molecule has 3 rings (SSSR count). The van der Waals surface area contributed by atoms with Crippen LogP contribution in [0.3, 0.4) is 0 Å². The van der Waals surface area contributed by atoms with Crippen LogP contribution in [0.2, 0.25) is 0 Å². The highest BCUT2D eigenvalue weighted by atomic mass is 32.2. The minimum atomic E-state index is -0.642. The molecule has 1 N–H and O–H groups in total. The fourth-order valence-electron chi connectivity index (χ4n) is 3.21. The maximum atomic E-state index is 12.6. The molecule has 35 heavy (non-hydrogen) atoms. The highest BCUT2D eigenvalue weighted by molar-refractivity contribution is 7.99. The summed E-state index contributed by atoms with van der Waals surface area (Å²) in [5.74, 6) is -0.183. The van der Waals surface area contributed by atoms with Crippen molar-refractivity contribution < 1.29 is 28.6 Å². The molecule has 0 aliphatic rings. The monoisotopic (exact) mass is 498 g/mol. The number of rotatable bonds is 10. The SMILES string of the molecule is CCn1c(COc2ccccc2C)nnc1SCC(=O)Nc1cc(C(=O)OC)cc(C(=O)OC)c1. The lowest BCUT2D eigenvalue weighted by molar-refractivity contribution is -0.113. The zero-order valence-corrected chi connectivity index (χ0v) is 20.7. The molecule has 0 spiro atoms. The van der Waals surface area contributed by atoms with Gasteiger partial charge in [-0.15, -0.1) is 10.2 Å². The third-order valence-electron chi connectivity index (χ3n) is 4.95. The predicted molar refractivity (Wildman–Crippen MR) is 130 cm³/mol. The summed E-state index contributed by atoms with van der Waals surface area (Å²) in [6.45, 7) is 4.77. The van der Waals surface area contributed by atoms with Gasteiger partial charge in [-0.2, -0.15) is 0 Å². The quantitative estimate of drug-likeness (QED) is 0.331. The molecule has 0 fully saturated rings. The van der Waals surface area contributed by atoms with E-state index >= 15 is 0 Å². The highest BCUT2D eigenvalue weighted by Gasteiger charge is 2.17. The highest BCUT2D eigenvalue weighted by Crippen LogP contribution is 2.22. The van der Waals surface area contributed by atoms with E-state index in [1.807, 2.05) is 42.7 Å². The summed E-state index contributed by atoms with van der Waals surface area (Å²) in [5, 5.41) is 11.7. The van der Waals surface area contributed by atoms with Gasteiger partial charge in [-0.1, -0.05) is 30.0 Å². The number of ether oxygens (including phenoxy) is 3. The summed E-state index contributed by atoms with van der Waals surface area (Å²) in [6, 6.07) is 11.9. The van der Waals surface area contributed by atoms with Crippen LogP contribution in [0.4, 0.5) is 5.69 Å². The molecular formula is C24H26N4O6S. The first kappa shape index (κ1) is 25.8. The van der Waals surface area contributed by atoms with Gasteiger partial charge in [0.15, 0.2) is 11.0 Å². The second kappa shape index (κ2) is 12.0. The Kier molecular flexibility index (Phi) is 8.85. The first-order valence-electron chi connectivity index (χ1n) is 10.7. The van der Waals surface area contributed by atoms with Crippen molar-refractivity contribution in [3.63, 3.8) is 0 Å². The number of anilines is 1. The van der Waals surface area contributed by atoms with E-state index in [2.05, 4.69) is 15.5 Å². The van der Waals surface area contributed by atoms with Gasteiger partial charge in [-0.25, -0.2) is 9.59 Å². The lowest BCUT2D eigenvalue weighted by Gasteiger charge is -2.11. The zero-order valence-electron chi connectivity index (χ0n) is 19.9. The third-order valence-corrected chi connectivity index (χ3v) is 5.92. The average Bonchev–Trinajstić information content (AvgIpc) is 3.27. The topological polar surface area (TPSA) is 122 Å². The van der Waals surface area contributed by atoms with Gasteiger partial charge in [-0.05, 0) is 43.7 Å². The number of nitrogens with one attached hydrogen (secondary N) is 1. The van der Waals surface area contributed by atoms with Crippen LogP contribution in [0.1, 0.15) is 39.0 Å². The molecule has 0 radical (unpaired) electrons. The van der Waals surface area contributed by atoms with E-state index in [4.69, 9.17) is 14.2 Å². The minimum Gasteiger partial charge on any atom is -0.485 e. The molecule has 11 heteroatoms. The Bertz CT molecular complexity index is 1190. The Morgan fingerprint density at radius 3 is 2.26 bits per heavy atom. The maximum absolute atomic E-state index is 12.6. The second-order valence-corrected chi connectivity index (χ2v) is 8.26. The number of nitrogens with zero attached hydrogens (tertiary/aromatic N) is 3. The van der Waals surface area contributed by atoms with Crippen molar-refractivity contribution in [2.45, 2.75) is 32.2 Å². The van der Waals surface area contributed by atoms with Gasteiger partial charge >= 0.3 is 11.9 Å². The molecule has 3 aromatic rings. The van der Waals surface area contributed by atoms with E-state index < -0.39 is 11.9 Å². The number of para-hydroxylation sites is 1. The van der Waals surface area contributed by atoms with Crippen molar-refractivity contribution in [1.82, 2.24) is 14.8 Å². The van der Waals surface area contributed by atoms with Crippen LogP contribution in [0.5, 0.6) is 5.75 Å². The fourth-order valence-corrected chi connectivity index (χ4v) is 4.03. The number of esters is 2. The molecule has 0 saturated heterocycles. The Morgan fingerprint density at radius 2 is 1.66 bits per heavy atom. The van der Waals surface area contributed by atoms with Crippen LogP contribution in [-0.2, 0) is 27.4 Å². The minimum absolute atomic E-state index is 0.0345. The molecule has 10 nitrogen and oxygen atoms in total. The lowest BCUT2D eigenvalue weighted by atomic mass is 10.1. The molecule has 0 unspecified atom stereocenters. The first-order chi connectivity index (χ1) is 16.9. The maximum Gasteiger partial charge on any atom is 0.337 e. The summed E-state index contributed by atoms with van der Waals surface area (Å²) in [7, 11) is 2.46. The van der Waals surface area contributed by atoms with Crippen LogP contribution in [0.15, 0.2) is 47.6 Å².